The van der Waals surface area contributed by atoms with Gasteiger partial charge < -0.3 is 15.0 Å². The number of carbonyl (C=O) groups is 2. The summed E-state index contributed by atoms with van der Waals surface area (Å²) in [6.07, 6.45) is -2.51. The molecule has 2 aliphatic rings. The van der Waals surface area contributed by atoms with Crippen LogP contribution in [-0.4, -0.2) is 42.8 Å². The Morgan fingerprint density at radius 2 is 1.74 bits per heavy atom. The van der Waals surface area contributed by atoms with Crippen molar-refractivity contribution < 1.29 is 27.5 Å². The molecule has 1 saturated heterocycles. The largest absolute Gasteiger partial charge is 0.440 e. The van der Waals surface area contributed by atoms with E-state index in [1.165, 1.54) is 4.90 Å². The number of hydrogen-bond acceptors (Lipinski definition) is 3. The van der Waals surface area contributed by atoms with E-state index in [4.69, 9.17) is 0 Å². The number of nitrogens with one attached hydrogen (secondary N) is 1. The van der Waals surface area contributed by atoms with Gasteiger partial charge in [-0.25, -0.2) is 4.79 Å². The Bertz CT molecular complexity index is 654. The van der Waals surface area contributed by atoms with Gasteiger partial charge in [-0.05, 0) is 37.2 Å². The molecule has 1 aliphatic heterocycles. The summed E-state index contributed by atoms with van der Waals surface area (Å²) >= 11 is 0. The molecule has 27 heavy (non-hydrogen) atoms. The van der Waals surface area contributed by atoms with Crippen molar-refractivity contribution >= 4 is 12.0 Å². The van der Waals surface area contributed by atoms with Gasteiger partial charge in [0.1, 0.15) is 0 Å². The fourth-order valence-electron chi connectivity index (χ4n) is 3.39. The molecule has 1 aromatic carbocycles. The zero-order chi connectivity index (χ0) is 19.4. The van der Waals surface area contributed by atoms with E-state index in [1.807, 2.05) is 30.3 Å². The maximum absolute atomic E-state index is 12.7. The molecule has 1 aliphatic carbocycles. The summed E-state index contributed by atoms with van der Waals surface area (Å²) < 4.78 is 40.7. The van der Waals surface area contributed by atoms with Crippen molar-refractivity contribution in [3.05, 3.63) is 35.9 Å². The highest BCUT2D eigenvalue weighted by atomic mass is 19.4. The maximum atomic E-state index is 12.7. The first-order valence-corrected chi connectivity index (χ1v) is 9.17. The molecule has 3 rings (SSSR count). The SMILES string of the molecule is O=C(N[C@@H](c1ccccc1)C1CC1)C1CCN(C(=O)OCC(F)(F)F)CC1. The lowest BCUT2D eigenvalue weighted by Crippen LogP contribution is -2.44. The van der Waals surface area contributed by atoms with E-state index in [9.17, 15) is 22.8 Å². The Morgan fingerprint density at radius 1 is 1.11 bits per heavy atom. The Morgan fingerprint density at radius 3 is 2.30 bits per heavy atom. The molecule has 0 radical (unpaired) electrons. The van der Waals surface area contributed by atoms with Crippen LogP contribution < -0.4 is 5.32 Å². The maximum Gasteiger partial charge on any atom is 0.422 e. The summed E-state index contributed by atoms with van der Waals surface area (Å²) in [6.45, 7) is -1.16. The molecule has 5 nitrogen and oxygen atoms in total. The van der Waals surface area contributed by atoms with Crippen molar-refractivity contribution in [2.24, 2.45) is 11.8 Å². The van der Waals surface area contributed by atoms with Gasteiger partial charge >= 0.3 is 12.3 Å². The number of hydrogen-bond donors (Lipinski definition) is 1. The lowest BCUT2D eigenvalue weighted by Gasteiger charge is -2.31. The molecule has 1 aromatic rings. The van der Waals surface area contributed by atoms with Crippen LogP contribution in [-0.2, 0) is 9.53 Å². The lowest BCUT2D eigenvalue weighted by molar-refractivity contribution is -0.162. The van der Waals surface area contributed by atoms with E-state index in [0.29, 0.717) is 18.8 Å². The Balaban J connectivity index is 1.49. The van der Waals surface area contributed by atoms with E-state index in [2.05, 4.69) is 10.1 Å². The fraction of sp³-hybridized carbons (Fsp3) is 0.579. The number of benzene rings is 1. The predicted molar refractivity (Wildman–Crippen MR) is 91.7 cm³/mol. The minimum absolute atomic E-state index is 0.00604. The third-order valence-electron chi connectivity index (χ3n) is 5.03. The number of piperidine rings is 1. The lowest BCUT2D eigenvalue weighted by atomic mass is 9.94. The van der Waals surface area contributed by atoms with Crippen LogP contribution in [0.3, 0.4) is 0 Å². The van der Waals surface area contributed by atoms with Gasteiger partial charge in [0, 0.05) is 19.0 Å². The molecule has 0 unspecified atom stereocenters. The van der Waals surface area contributed by atoms with Crippen LogP contribution in [0.15, 0.2) is 30.3 Å². The monoisotopic (exact) mass is 384 g/mol. The van der Waals surface area contributed by atoms with Gasteiger partial charge in [-0.3, -0.25) is 4.79 Å². The molecule has 1 heterocycles. The highest BCUT2D eigenvalue weighted by Gasteiger charge is 2.36. The average molecular weight is 384 g/mol. The molecule has 8 heteroatoms. The third-order valence-corrected chi connectivity index (χ3v) is 5.03. The van der Waals surface area contributed by atoms with Gasteiger partial charge in [0.05, 0.1) is 6.04 Å². The van der Waals surface area contributed by atoms with E-state index >= 15 is 0 Å². The molecule has 0 bridgehead atoms. The fourth-order valence-corrected chi connectivity index (χ4v) is 3.39. The number of likely N-dealkylation sites (tertiary alicyclic amines) is 1. The Hall–Kier alpha value is -2.25. The van der Waals surface area contributed by atoms with Gasteiger partial charge in [-0.15, -0.1) is 0 Å². The molecule has 1 N–H and O–H groups in total. The average Bonchev–Trinajstić information content (AvgIpc) is 3.49. The van der Waals surface area contributed by atoms with Crippen molar-refractivity contribution in [2.45, 2.75) is 37.9 Å². The van der Waals surface area contributed by atoms with Gasteiger partial charge in [0.25, 0.3) is 0 Å². The zero-order valence-electron chi connectivity index (χ0n) is 14.9. The predicted octanol–water partition coefficient (Wildman–Crippen LogP) is 3.66. The van der Waals surface area contributed by atoms with Crippen LogP contribution in [0.4, 0.5) is 18.0 Å². The second-order valence-electron chi connectivity index (χ2n) is 7.17. The van der Waals surface area contributed by atoms with E-state index < -0.39 is 18.9 Å². The van der Waals surface area contributed by atoms with Crippen LogP contribution >= 0.6 is 0 Å². The topological polar surface area (TPSA) is 58.6 Å². The van der Waals surface area contributed by atoms with Crippen LogP contribution in [0.1, 0.15) is 37.3 Å². The molecular weight excluding hydrogens is 361 g/mol. The Labute approximate surface area is 155 Å². The van der Waals surface area contributed by atoms with Crippen molar-refractivity contribution in [1.29, 1.82) is 0 Å². The van der Waals surface area contributed by atoms with E-state index in [1.54, 1.807) is 0 Å². The van der Waals surface area contributed by atoms with E-state index in [-0.39, 0.29) is 31.0 Å². The minimum atomic E-state index is -4.54. The van der Waals surface area contributed by atoms with Crippen LogP contribution in [0.5, 0.6) is 0 Å². The van der Waals surface area contributed by atoms with Gasteiger partial charge in [0.2, 0.25) is 5.91 Å². The number of nitrogens with zero attached hydrogens (tertiary/aromatic N) is 1. The summed E-state index contributed by atoms with van der Waals surface area (Å²) in [7, 11) is 0. The molecular formula is C19H23F3N2O3. The summed E-state index contributed by atoms with van der Waals surface area (Å²) in [5.41, 5.74) is 1.08. The van der Waals surface area contributed by atoms with Crippen LogP contribution in [0.2, 0.25) is 0 Å². The molecule has 0 spiro atoms. The number of carbonyl (C=O) groups excluding carboxylic acids is 2. The third kappa shape index (κ3) is 5.61. The summed E-state index contributed by atoms with van der Waals surface area (Å²) in [5, 5.41) is 3.13. The number of rotatable bonds is 5. The highest BCUT2D eigenvalue weighted by molar-refractivity contribution is 5.79. The molecule has 1 saturated carbocycles. The first-order chi connectivity index (χ1) is 12.8. The van der Waals surface area contributed by atoms with Crippen molar-refractivity contribution in [3.8, 4) is 0 Å². The first-order valence-electron chi connectivity index (χ1n) is 9.17. The minimum Gasteiger partial charge on any atom is -0.440 e. The number of amides is 2. The summed E-state index contributed by atoms with van der Waals surface area (Å²) in [5.74, 6) is 0.148. The van der Waals surface area contributed by atoms with Crippen LogP contribution in [0.25, 0.3) is 0 Å². The molecule has 1 atom stereocenters. The summed E-state index contributed by atoms with van der Waals surface area (Å²) in [4.78, 5) is 25.6. The van der Waals surface area contributed by atoms with Gasteiger partial charge in [-0.1, -0.05) is 30.3 Å². The van der Waals surface area contributed by atoms with Crippen molar-refractivity contribution in [2.75, 3.05) is 19.7 Å². The normalized spacial score (nSPS) is 19.4. The quantitative estimate of drug-likeness (QED) is 0.843. The molecule has 148 valence electrons. The van der Waals surface area contributed by atoms with Crippen LogP contribution in [0, 0.1) is 11.8 Å². The Kier molecular flexibility index (Phi) is 5.92. The van der Waals surface area contributed by atoms with Gasteiger partial charge in [0.15, 0.2) is 6.61 Å². The number of ether oxygens (including phenoxy) is 1. The van der Waals surface area contributed by atoms with Gasteiger partial charge in [-0.2, -0.15) is 13.2 Å². The standard InChI is InChI=1S/C19H23F3N2O3/c20-19(21,22)12-27-18(26)24-10-8-15(9-11-24)17(25)23-16(14-6-7-14)13-4-2-1-3-5-13/h1-5,14-16H,6-12H2,(H,23,25)/t16-/m0/s1. The number of halogens is 3. The summed E-state index contributed by atoms with van der Waals surface area (Å²) in [6, 6.07) is 9.83. The number of alkyl halides is 3. The van der Waals surface area contributed by atoms with Crippen molar-refractivity contribution in [3.63, 3.8) is 0 Å². The second kappa shape index (κ2) is 8.19. The molecule has 2 fully saturated rings. The van der Waals surface area contributed by atoms with E-state index in [0.717, 1.165) is 18.4 Å². The van der Waals surface area contributed by atoms with Crippen molar-refractivity contribution in [1.82, 2.24) is 10.2 Å². The molecule has 0 aromatic heterocycles. The first kappa shape index (κ1) is 19.5. The highest BCUT2D eigenvalue weighted by Crippen LogP contribution is 2.41. The second-order valence-corrected chi connectivity index (χ2v) is 7.17. The smallest absolute Gasteiger partial charge is 0.422 e. The zero-order valence-corrected chi connectivity index (χ0v) is 14.9. The molecule has 2 amide bonds.